The molecule has 0 bridgehead atoms. The lowest BCUT2D eigenvalue weighted by atomic mass is 9.68. The lowest BCUT2D eigenvalue weighted by Gasteiger charge is -2.39. The second-order valence-electron chi connectivity index (χ2n) is 4.14. The fourth-order valence-electron chi connectivity index (χ4n) is 1.87. The molecular formula is C10H14N4O2S. The van der Waals surface area contributed by atoms with Crippen LogP contribution in [0.15, 0.2) is 10.9 Å². The summed E-state index contributed by atoms with van der Waals surface area (Å²) >= 11 is 4.96. The zero-order valence-electron chi connectivity index (χ0n) is 9.31. The number of carbonyl (C=O) groups excluding carboxylic acids is 1. The van der Waals surface area contributed by atoms with Gasteiger partial charge >= 0.3 is 0 Å². The summed E-state index contributed by atoms with van der Waals surface area (Å²) in [5, 5.41) is 6.30. The third-order valence-electron chi connectivity index (χ3n) is 3.14. The molecule has 1 aliphatic carbocycles. The van der Waals surface area contributed by atoms with Crippen molar-refractivity contribution in [2.24, 2.45) is 11.1 Å². The molecule has 1 fully saturated rings. The number of hydrogen-bond donors (Lipinski definition) is 2. The van der Waals surface area contributed by atoms with E-state index in [0.29, 0.717) is 23.8 Å². The van der Waals surface area contributed by atoms with E-state index in [9.17, 15) is 4.79 Å². The molecule has 0 saturated heterocycles. The highest BCUT2D eigenvalue weighted by atomic mass is 32.1. The van der Waals surface area contributed by atoms with Crippen LogP contribution in [0, 0.1) is 5.41 Å². The largest absolute Gasteiger partial charge is 0.392 e. The lowest BCUT2D eigenvalue weighted by Crippen LogP contribution is -2.53. The molecule has 3 N–H and O–H groups in total. The van der Waals surface area contributed by atoms with Crippen LogP contribution in [0.2, 0.25) is 0 Å². The number of hydrogen-bond acceptors (Lipinski definition) is 5. The maximum absolute atomic E-state index is 12.0. The Balaban J connectivity index is 1.83. The van der Waals surface area contributed by atoms with Crippen molar-refractivity contribution in [2.75, 3.05) is 6.54 Å². The Morgan fingerprint density at radius 3 is 2.88 bits per heavy atom. The van der Waals surface area contributed by atoms with Crippen molar-refractivity contribution in [3.05, 3.63) is 12.2 Å². The van der Waals surface area contributed by atoms with Gasteiger partial charge in [0.1, 0.15) is 0 Å². The lowest BCUT2D eigenvalue weighted by molar-refractivity contribution is -0.130. The summed E-state index contributed by atoms with van der Waals surface area (Å²) in [7, 11) is 0. The van der Waals surface area contributed by atoms with Crippen LogP contribution in [0.3, 0.4) is 0 Å². The molecule has 1 heterocycles. The van der Waals surface area contributed by atoms with Crippen LogP contribution in [-0.2, 0) is 11.2 Å². The van der Waals surface area contributed by atoms with Crippen molar-refractivity contribution in [2.45, 2.75) is 25.7 Å². The monoisotopic (exact) mass is 254 g/mol. The number of aromatic nitrogens is 2. The molecule has 17 heavy (non-hydrogen) atoms. The van der Waals surface area contributed by atoms with Crippen molar-refractivity contribution < 1.29 is 9.32 Å². The summed E-state index contributed by atoms with van der Waals surface area (Å²) in [6, 6.07) is 0. The quantitative estimate of drug-likeness (QED) is 0.728. The van der Waals surface area contributed by atoms with Crippen molar-refractivity contribution in [1.29, 1.82) is 0 Å². The fourth-order valence-corrected chi connectivity index (χ4v) is 2.17. The third kappa shape index (κ3) is 2.28. The van der Waals surface area contributed by atoms with Crippen molar-refractivity contribution in [3.8, 4) is 0 Å². The van der Waals surface area contributed by atoms with Gasteiger partial charge in [-0.25, -0.2) is 0 Å². The van der Waals surface area contributed by atoms with Gasteiger partial charge in [-0.05, 0) is 12.8 Å². The van der Waals surface area contributed by atoms with E-state index >= 15 is 0 Å². The van der Waals surface area contributed by atoms with Gasteiger partial charge in [0.15, 0.2) is 6.33 Å². The van der Waals surface area contributed by atoms with E-state index in [0.717, 1.165) is 19.3 Å². The maximum atomic E-state index is 12.0. The van der Waals surface area contributed by atoms with Gasteiger partial charge < -0.3 is 15.6 Å². The molecule has 1 aliphatic rings. The number of nitrogens with zero attached hydrogens (tertiary/aromatic N) is 2. The Morgan fingerprint density at radius 2 is 2.41 bits per heavy atom. The average Bonchev–Trinajstić information content (AvgIpc) is 2.67. The van der Waals surface area contributed by atoms with E-state index < -0.39 is 5.41 Å². The van der Waals surface area contributed by atoms with Gasteiger partial charge in [0.2, 0.25) is 11.8 Å². The van der Waals surface area contributed by atoms with Gasteiger partial charge in [-0.1, -0.05) is 23.8 Å². The van der Waals surface area contributed by atoms with Crippen molar-refractivity contribution in [3.63, 3.8) is 0 Å². The van der Waals surface area contributed by atoms with Crippen molar-refractivity contribution >= 4 is 23.1 Å². The summed E-state index contributed by atoms with van der Waals surface area (Å²) in [6.07, 6.45) is 4.33. The number of nitrogens with one attached hydrogen (secondary N) is 1. The topological polar surface area (TPSA) is 94.0 Å². The first-order valence-electron chi connectivity index (χ1n) is 5.49. The predicted octanol–water partition coefficient (Wildman–Crippen LogP) is 0.185. The van der Waals surface area contributed by atoms with E-state index in [-0.39, 0.29) is 5.91 Å². The molecule has 92 valence electrons. The van der Waals surface area contributed by atoms with Gasteiger partial charge in [-0.2, -0.15) is 4.98 Å². The molecule has 7 heteroatoms. The number of carbonyl (C=O) groups is 1. The number of thiocarbonyl (C=S) groups is 1. The zero-order valence-corrected chi connectivity index (χ0v) is 10.1. The van der Waals surface area contributed by atoms with E-state index in [1.165, 1.54) is 6.33 Å². The highest BCUT2D eigenvalue weighted by Crippen LogP contribution is 2.41. The van der Waals surface area contributed by atoms with E-state index in [1.54, 1.807) is 0 Å². The number of rotatable bonds is 5. The second-order valence-corrected chi connectivity index (χ2v) is 4.58. The fraction of sp³-hybridized carbons (Fsp3) is 0.600. The summed E-state index contributed by atoms with van der Waals surface area (Å²) in [5.74, 6) is 0.416. The smallest absolute Gasteiger partial charge is 0.233 e. The molecule has 1 aromatic rings. The number of nitrogens with two attached hydrogens (primary N) is 1. The van der Waals surface area contributed by atoms with Gasteiger partial charge in [0.25, 0.3) is 0 Å². The van der Waals surface area contributed by atoms with Crippen LogP contribution in [0.4, 0.5) is 0 Å². The molecule has 0 aromatic carbocycles. The highest BCUT2D eigenvalue weighted by molar-refractivity contribution is 7.80. The van der Waals surface area contributed by atoms with E-state index in [2.05, 4.69) is 15.5 Å². The first kappa shape index (κ1) is 12.0. The Morgan fingerprint density at radius 1 is 1.65 bits per heavy atom. The Kier molecular flexibility index (Phi) is 3.37. The minimum Gasteiger partial charge on any atom is -0.392 e. The highest BCUT2D eigenvalue weighted by Gasteiger charge is 2.46. The molecule has 2 rings (SSSR count). The Labute approximate surface area is 104 Å². The Bertz CT molecular complexity index is 414. The van der Waals surface area contributed by atoms with Crippen LogP contribution in [0.5, 0.6) is 0 Å². The minimum absolute atomic E-state index is 0.0873. The van der Waals surface area contributed by atoms with Crippen LogP contribution in [-0.4, -0.2) is 27.6 Å². The van der Waals surface area contributed by atoms with Crippen LogP contribution in [0.25, 0.3) is 0 Å². The average molecular weight is 254 g/mol. The first-order chi connectivity index (χ1) is 8.15. The van der Waals surface area contributed by atoms with Gasteiger partial charge in [-0.3, -0.25) is 4.79 Å². The molecule has 0 atom stereocenters. The van der Waals surface area contributed by atoms with Crippen LogP contribution < -0.4 is 11.1 Å². The van der Waals surface area contributed by atoms with E-state index in [1.807, 2.05) is 0 Å². The molecule has 6 nitrogen and oxygen atoms in total. The standard InChI is InChI=1S/C10H14N4O2S/c11-8(17)10(3-1-4-10)9(15)12-5-2-7-13-6-14-16-7/h6H,1-5H2,(H2,11,17)(H,12,15). The summed E-state index contributed by atoms with van der Waals surface area (Å²) in [4.78, 5) is 16.1. The van der Waals surface area contributed by atoms with Gasteiger partial charge in [0, 0.05) is 13.0 Å². The minimum atomic E-state index is -0.621. The molecule has 1 aromatic heterocycles. The summed E-state index contributed by atoms with van der Waals surface area (Å²) in [5.41, 5.74) is 5.01. The Hall–Kier alpha value is -1.50. The maximum Gasteiger partial charge on any atom is 0.233 e. The zero-order chi connectivity index (χ0) is 12.3. The summed E-state index contributed by atoms with van der Waals surface area (Å²) < 4.78 is 4.83. The third-order valence-corrected chi connectivity index (χ3v) is 3.54. The SMILES string of the molecule is NC(=S)C1(C(=O)NCCc2ncno2)CCC1. The molecule has 0 unspecified atom stereocenters. The molecule has 0 radical (unpaired) electrons. The molecule has 1 saturated carbocycles. The predicted molar refractivity (Wildman–Crippen MR) is 64.1 cm³/mol. The first-order valence-corrected chi connectivity index (χ1v) is 5.90. The van der Waals surface area contributed by atoms with Crippen LogP contribution in [0.1, 0.15) is 25.2 Å². The van der Waals surface area contributed by atoms with Gasteiger partial charge in [0.05, 0.1) is 10.4 Å². The summed E-state index contributed by atoms with van der Waals surface area (Å²) in [6.45, 7) is 0.450. The molecule has 0 aliphatic heterocycles. The number of amides is 1. The van der Waals surface area contributed by atoms with Gasteiger partial charge in [-0.15, -0.1) is 0 Å². The van der Waals surface area contributed by atoms with E-state index in [4.69, 9.17) is 22.5 Å². The second kappa shape index (κ2) is 4.79. The normalized spacial score (nSPS) is 17.2. The van der Waals surface area contributed by atoms with Crippen molar-refractivity contribution in [1.82, 2.24) is 15.5 Å². The molecule has 1 amide bonds. The van der Waals surface area contributed by atoms with Crippen LogP contribution >= 0.6 is 12.2 Å². The molecule has 0 spiro atoms. The molecular weight excluding hydrogens is 240 g/mol.